The minimum absolute atomic E-state index is 0.424. The monoisotopic (exact) mass is 219 g/mol. The van der Waals surface area contributed by atoms with Crippen LogP contribution in [0.3, 0.4) is 0 Å². The molecule has 1 heterocycles. The van der Waals surface area contributed by atoms with Gasteiger partial charge in [-0.25, -0.2) is 0 Å². The summed E-state index contributed by atoms with van der Waals surface area (Å²) in [5, 5.41) is 0. The van der Waals surface area contributed by atoms with E-state index in [9.17, 15) is 0 Å². The first-order chi connectivity index (χ1) is 7.59. The Kier molecular flexibility index (Phi) is 3.17. The highest BCUT2D eigenvalue weighted by Gasteiger charge is 2.27. The van der Waals surface area contributed by atoms with Gasteiger partial charge in [-0.05, 0) is 30.7 Å². The summed E-state index contributed by atoms with van der Waals surface area (Å²) in [5.74, 6) is 1.97. The minimum atomic E-state index is 0.424. The van der Waals surface area contributed by atoms with Crippen LogP contribution in [0, 0.1) is 0 Å². The molecule has 0 atom stereocenters. The highest BCUT2D eigenvalue weighted by atomic mass is 16.5. The fourth-order valence-electron chi connectivity index (χ4n) is 1.83. The maximum absolute atomic E-state index is 6.05. The molecule has 1 aromatic heterocycles. The Bertz CT molecular complexity index is 341. The maximum atomic E-state index is 6.05. The first-order valence-electron chi connectivity index (χ1n) is 6.25. The summed E-state index contributed by atoms with van der Waals surface area (Å²) in [5.41, 5.74) is 2.41. The molecule has 1 aromatic rings. The smallest absolute Gasteiger partial charge is 0.144 e. The van der Waals surface area contributed by atoms with Crippen LogP contribution in [-0.4, -0.2) is 11.1 Å². The Morgan fingerprint density at radius 2 is 1.88 bits per heavy atom. The lowest BCUT2D eigenvalue weighted by molar-refractivity contribution is 0.292. The van der Waals surface area contributed by atoms with Gasteiger partial charge < -0.3 is 4.74 Å². The van der Waals surface area contributed by atoms with Crippen molar-refractivity contribution in [3.05, 3.63) is 23.5 Å². The van der Waals surface area contributed by atoms with Crippen molar-refractivity contribution in [2.24, 2.45) is 0 Å². The van der Waals surface area contributed by atoms with Gasteiger partial charge in [-0.15, -0.1) is 0 Å². The van der Waals surface area contributed by atoms with Crippen molar-refractivity contribution in [2.75, 3.05) is 0 Å². The normalized spacial score (nSPS) is 15.9. The van der Waals surface area contributed by atoms with Gasteiger partial charge in [0, 0.05) is 11.8 Å². The second-order valence-corrected chi connectivity index (χ2v) is 5.24. The van der Waals surface area contributed by atoms with Crippen LogP contribution >= 0.6 is 0 Å². The summed E-state index contributed by atoms with van der Waals surface area (Å²) in [6, 6.07) is 2.09. The number of rotatable bonds is 4. The molecule has 0 saturated heterocycles. The molecule has 0 aromatic carbocycles. The summed E-state index contributed by atoms with van der Waals surface area (Å²) in [6.07, 6.45) is 4.75. The molecule has 88 valence electrons. The first kappa shape index (κ1) is 11.4. The third-order valence-electron chi connectivity index (χ3n) is 2.94. The lowest BCUT2D eigenvalue weighted by atomic mass is 9.98. The van der Waals surface area contributed by atoms with Crippen LogP contribution < -0.4 is 4.74 Å². The molecule has 0 amide bonds. The topological polar surface area (TPSA) is 22.1 Å². The molecule has 0 spiro atoms. The standard InChI is InChI=1S/C14H21NO/c1-9(2)12-7-8-15-13(10(3)4)14(12)16-11-5-6-11/h7-11H,5-6H2,1-4H3. The van der Waals surface area contributed by atoms with Crippen LogP contribution in [0.15, 0.2) is 12.3 Å². The van der Waals surface area contributed by atoms with E-state index in [1.807, 2.05) is 6.20 Å². The van der Waals surface area contributed by atoms with Crippen molar-refractivity contribution in [3.8, 4) is 5.75 Å². The zero-order valence-corrected chi connectivity index (χ0v) is 10.7. The van der Waals surface area contributed by atoms with Crippen LogP contribution in [0.25, 0.3) is 0 Å². The molecule has 2 rings (SSSR count). The second kappa shape index (κ2) is 4.44. The quantitative estimate of drug-likeness (QED) is 0.767. The predicted octanol–water partition coefficient (Wildman–Crippen LogP) is 3.87. The maximum Gasteiger partial charge on any atom is 0.144 e. The average molecular weight is 219 g/mol. The largest absolute Gasteiger partial charge is 0.488 e. The summed E-state index contributed by atoms with van der Waals surface area (Å²) in [4.78, 5) is 4.48. The fourth-order valence-corrected chi connectivity index (χ4v) is 1.83. The van der Waals surface area contributed by atoms with E-state index >= 15 is 0 Å². The molecule has 0 bridgehead atoms. The molecule has 1 fully saturated rings. The number of hydrogen-bond donors (Lipinski definition) is 0. The molecule has 1 aliphatic rings. The van der Waals surface area contributed by atoms with Crippen molar-refractivity contribution in [3.63, 3.8) is 0 Å². The molecule has 0 radical (unpaired) electrons. The highest BCUT2D eigenvalue weighted by Crippen LogP contribution is 2.37. The zero-order chi connectivity index (χ0) is 11.7. The number of hydrogen-bond acceptors (Lipinski definition) is 2. The number of ether oxygens (including phenoxy) is 1. The zero-order valence-electron chi connectivity index (χ0n) is 10.7. The van der Waals surface area contributed by atoms with Crippen LogP contribution in [0.5, 0.6) is 5.75 Å². The molecule has 16 heavy (non-hydrogen) atoms. The summed E-state index contributed by atoms with van der Waals surface area (Å²) >= 11 is 0. The summed E-state index contributed by atoms with van der Waals surface area (Å²) in [7, 11) is 0. The van der Waals surface area contributed by atoms with E-state index in [0.29, 0.717) is 17.9 Å². The van der Waals surface area contributed by atoms with Gasteiger partial charge in [0.2, 0.25) is 0 Å². The molecule has 0 aliphatic heterocycles. The first-order valence-corrected chi connectivity index (χ1v) is 6.25. The number of nitrogens with zero attached hydrogens (tertiary/aromatic N) is 1. The van der Waals surface area contributed by atoms with Crippen LogP contribution in [0.2, 0.25) is 0 Å². The number of aromatic nitrogens is 1. The Hall–Kier alpha value is -1.05. The van der Waals surface area contributed by atoms with E-state index in [1.54, 1.807) is 0 Å². The van der Waals surface area contributed by atoms with Gasteiger partial charge in [0.25, 0.3) is 0 Å². The van der Waals surface area contributed by atoms with Gasteiger partial charge in [0.15, 0.2) is 0 Å². The van der Waals surface area contributed by atoms with Crippen LogP contribution in [0.4, 0.5) is 0 Å². The van der Waals surface area contributed by atoms with Gasteiger partial charge in [0.05, 0.1) is 11.8 Å². The van der Waals surface area contributed by atoms with E-state index in [1.165, 1.54) is 18.4 Å². The van der Waals surface area contributed by atoms with E-state index in [0.717, 1.165) is 11.4 Å². The average Bonchev–Trinajstić information content (AvgIpc) is 3.01. The van der Waals surface area contributed by atoms with Gasteiger partial charge in [-0.2, -0.15) is 0 Å². The Morgan fingerprint density at radius 1 is 1.19 bits per heavy atom. The van der Waals surface area contributed by atoms with Crippen molar-refractivity contribution >= 4 is 0 Å². The Balaban J connectivity index is 2.38. The lowest BCUT2D eigenvalue weighted by Gasteiger charge is -2.18. The predicted molar refractivity (Wildman–Crippen MR) is 66.1 cm³/mol. The molecule has 0 N–H and O–H groups in total. The molecule has 1 saturated carbocycles. The van der Waals surface area contributed by atoms with E-state index < -0.39 is 0 Å². The third-order valence-corrected chi connectivity index (χ3v) is 2.94. The van der Waals surface area contributed by atoms with Crippen LogP contribution in [0.1, 0.15) is 63.6 Å². The summed E-state index contributed by atoms with van der Waals surface area (Å²) in [6.45, 7) is 8.76. The highest BCUT2D eigenvalue weighted by molar-refractivity contribution is 5.40. The van der Waals surface area contributed by atoms with Gasteiger partial charge in [-0.1, -0.05) is 27.7 Å². The molecular formula is C14H21NO. The molecule has 1 aliphatic carbocycles. The summed E-state index contributed by atoms with van der Waals surface area (Å²) < 4.78 is 6.05. The second-order valence-electron chi connectivity index (χ2n) is 5.24. The third kappa shape index (κ3) is 2.37. The van der Waals surface area contributed by atoms with E-state index in [2.05, 4.69) is 38.7 Å². The fraction of sp³-hybridized carbons (Fsp3) is 0.643. The van der Waals surface area contributed by atoms with Crippen LogP contribution in [-0.2, 0) is 0 Å². The molecule has 0 unspecified atom stereocenters. The Labute approximate surface area is 98.0 Å². The SMILES string of the molecule is CC(C)c1ccnc(C(C)C)c1OC1CC1. The lowest BCUT2D eigenvalue weighted by Crippen LogP contribution is -2.07. The van der Waals surface area contributed by atoms with Gasteiger partial charge in [-0.3, -0.25) is 4.98 Å². The molecular weight excluding hydrogens is 198 g/mol. The van der Waals surface area contributed by atoms with Crippen molar-refractivity contribution in [1.29, 1.82) is 0 Å². The van der Waals surface area contributed by atoms with E-state index in [4.69, 9.17) is 4.74 Å². The van der Waals surface area contributed by atoms with Crippen molar-refractivity contribution in [1.82, 2.24) is 4.98 Å². The number of pyridine rings is 1. The molecule has 2 nitrogen and oxygen atoms in total. The van der Waals surface area contributed by atoms with Crippen molar-refractivity contribution in [2.45, 2.75) is 58.5 Å². The van der Waals surface area contributed by atoms with E-state index in [-0.39, 0.29) is 0 Å². The van der Waals surface area contributed by atoms with Gasteiger partial charge >= 0.3 is 0 Å². The van der Waals surface area contributed by atoms with Crippen molar-refractivity contribution < 1.29 is 4.74 Å². The molecule has 2 heteroatoms. The van der Waals surface area contributed by atoms with Gasteiger partial charge in [0.1, 0.15) is 5.75 Å². The Morgan fingerprint density at radius 3 is 2.38 bits per heavy atom. The minimum Gasteiger partial charge on any atom is -0.488 e.